The van der Waals surface area contributed by atoms with E-state index in [2.05, 4.69) is 174 Å². The second-order valence-electron chi connectivity index (χ2n) is 12.1. The van der Waals surface area contributed by atoms with E-state index in [9.17, 15) is 0 Å². The Hall–Kier alpha value is -2.74. The molecule has 7 aromatic rings. The normalized spacial score (nSPS) is 10.7. The second-order valence-corrected chi connectivity index (χ2v) is 16.8. The SMILES string of the molecule is CC(C)(C)c1ccc(-c2cccc3[cH-]ccc23)cc1.C[Si]C.Cc1cc2c(-c3cccc4ccccc34)cccc2[cH-]1.[Cl][Zr+2][Cl]. The molecule has 0 N–H and O–H groups in total. The fraction of sp³-hybridized carbons (Fsp3) is 0.171. The fourth-order valence-electron chi connectivity index (χ4n) is 5.64. The van der Waals surface area contributed by atoms with Gasteiger partial charge >= 0.3 is 37.9 Å². The molecule has 0 amide bonds. The van der Waals surface area contributed by atoms with Crippen molar-refractivity contribution in [3.8, 4) is 22.3 Å². The maximum atomic E-state index is 4.93. The molecule has 0 atom stereocenters. The minimum atomic E-state index is -0.826. The summed E-state index contributed by atoms with van der Waals surface area (Å²) in [4.78, 5) is 0. The Morgan fingerprint density at radius 3 is 1.84 bits per heavy atom. The Morgan fingerprint density at radius 2 is 1.18 bits per heavy atom. The monoisotopic (exact) mass is 720 g/mol. The standard InChI is InChI=1S/C20H15.C19H19.C2H6Si.2ClH.Zr/c1-14-12-16-8-5-11-19(20(16)13-14)18-10-4-7-15-6-2-3-9-17(15)18;1-19(2,3)16-12-10-15(11-13-16)18-9-5-7-14-6-4-8-17(14)18;1-3-2;;;/h2-13H,1H3;4-13H,1-3H3;1-2H3;2*1H;/q2*-1;;;;+4/p-2. The molecule has 0 spiro atoms. The molecule has 0 unspecified atom stereocenters. The van der Waals surface area contributed by atoms with Crippen molar-refractivity contribution in [2.45, 2.75) is 46.2 Å². The van der Waals surface area contributed by atoms with Crippen molar-refractivity contribution in [3.05, 3.63) is 145 Å². The summed E-state index contributed by atoms with van der Waals surface area (Å²) < 4.78 is 0. The summed E-state index contributed by atoms with van der Waals surface area (Å²) in [6, 6.07) is 48.2. The molecule has 45 heavy (non-hydrogen) atoms. The summed E-state index contributed by atoms with van der Waals surface area (Å²) in [7, 11) is 11.0. The molecule has 7 rings (SSSR count). The van der Waals surface area contributed by atoms with Gasteiger partial charge in [-0.05, 0) is 32.9 Å². The first-order chi connectivity index (χ1) is 21.7. The fourth-order valence-corrected chi connectivity index (χ4v) is 5.64. The van der Waals surface area contributed by atoms with Gasteiger partial charge in [-0.1, -0.05) is 131 Å². The van der Waals surface area contributed by atoms with Gasteiger partial charge in [0, 0.05) is 9.52 Å². The molecule has 0 aliphatic heterocycles. The van der Waals surface area contributed by atoms with E-state index in [1.807, 2.05) is 0 Å². The number of rotatable bonds is 2. The van der Waals surface area contributed by atoms with Crippen molar-refractivity contribution in [3.63, 3.8) is 0 Å². The number of halogens is 2. The number of hydrogen-bond acceptors (Lipinski definition) is 0. The third-order valence-corrected chi connectivity index (χ3v) is 7.72. The van der Waals surface area contributed by atoms with E-state index < -0.39 is 20.8 Å². The van der Waals surface area contributed by atoms with Crippen LogP contribution in [0.15, 0.2) is 133 Å². The van der Waals surface area contributed by atoms with Crippen LogP contribution < -0.4 is 0 Å². The zero-order chi connectivity index (χ0) is 32.4. The number of benzene rings is 5. The molecule has 0 bridgehead atoms. The topological polar surface area (TPSA) is 0 Å². The van der Waals surface area contributed by atoms with Crippen LogP contribution in [0.25, 0.3) is 54.6 Å². The van der Waals surface area contributed by atoms with E-state index in [1.165, 1.54) is 65.7 Å². The van der Waals surface area contributed by atoms with Gasteiger partial charge in [-0.2, -0.15) is 18.2 Å². The van der Waals surface area contributed by atoms with Crippen LogP contribution >= 0.6 is 17.0 Å². The number of aryl methyl sites for hydroxylation is 1. The van der Waals surface area contributed by atoms with Crippen LogP contribution in [0.4, 0.5) is 0 Å². The van der Waals surface area contributed by atoms with Crippen LogP contribution in [0.2, 0.25) is 13.1 Å². The Kier molecular flexibility index (Phi) is 13.0. The van der Waals surface area contributed by atoms with E-state index in [4.69, 9.17) is 17.0 Å². The van der Waals surface area contributed by atoms with Crippen molar-refractivity contribution >= 4 is 58.9 Å². The zero-order valence-electron chi connectivity index (χ0n) is 27.0. The third-order valence-electron chi connectivity index (χ3n) is 7.72. The van der Waals surface area contributed by atoms with E-state index in [0.717, 1.165) is 9.52 Å². The van der Waals surface area contributed by atoms with Gasteiger partial charge < -0.3 is 0 Å². The van der Waals surface area contributed by atoms with Gasteiger partial charge in [-0.25, -0.2) is 0 Å². The average Bonchev–Trinajstić information content (AvgIpc) is 3.67. The summed E-state index contributed by atoms with van der Waals surface area (Å²) >= 11 is -0.826. The predicted molar refractivity (Wildman–Crippen MR) is 200 cm³/mol. The van der Waals surface area contributed by atoms with E-state index in [-0.39, 0.29) is 5.41 Å². The van der Waals surface area contributed by atoms with Crippen LogP contribution in [0, 0.1) is 6.92 Å². The predicted octanol–water partition coefficient (Wildman–Crippen LogP) is 13.4. The average molecular weight is 723 g/mol. The van der Waals surface area contributed by atoms with Gasteiger partial charge in [0.25, 0.3) is 0 Å². The molecule has 0 aliphatic carbocycles. The van der Waals surface area contributed by atoms with Crippen molar-refractivity contribution < 1.29 is 20.8 Å². The molecular formula is C41H40Cl2SiZr. The molecule has 0 saturated carbocycles. The van der Waals surface area contributed by atoms with Gasteiger partial charge in [0.1, 0.15) is 0 Å². The van der Waals surface area contributed by atoms with E-state index in [1.54, 1.807) is 0 Å². The molecule has 226 valence electrons. The molecule has 7 aromatic carbocycles. The van der Waals surface area contributed by atoms with Gasteiger partial charge in [0.2, 0.25) is 0 Å². The molecule has 4 heteroatoms. The summed E-state index contributed by atoms with van der Waals surface area (Å²) in [5.41, 5.74) is 8.18. The van der Waals surface area contributed by atoms with E-state index in [0.29, 0.717) is 0 Å². The van der Waals surface area contributed by atoms with Gasteiger partial charge in [-0.3, -0.25) is 0 Å². The van der Waals surface area contributed by atoms with Gasteiger partial charge in [0.05, 0.1) is 0 Å². The summed E-state index contributed by atoms with van der Waals surface area (Å²) in [5, 5.41) is 7.95. The van der Waals surface area contributed by atoms with Crippen molar-refractivity contribution in [1.82, 2.24) is 0 Å². The first kappa shape index (κ1) is 35.1. The van der Waals surface area contributed by atoms with Gasteiger partial charge in [0.15, 0.2) is 0 Å². The number of fused-ring (bicyclic) bond motifs is 3. The van der Waals surface area contributed by atoms with Crippen LogP contribution in [0.5, 0.6) is 0 Å². The number of hydrogen-bond donors (Lipinski definition) is 0. The van der Waals surface area contributed by atoms with E-state index >= 15 is 0 Å². The van der Waals surface area contributed by atoms with Gasteiger partial charge in [-0.15, -0.1) is 63.5 Å². The first-order valence-electron chi connectivity index (χ1n) is 15.2. The Morgan fingerprint density at radius 1 is 0.622 bits per heavy atom. The third kappa shape index (κ3) is 8.96. The zero-order valence-corrected chi connectivity index (χ0v) is 31.9. The van der Waals surface area contributed by atoms with Crippen molar-refractivity contribution in [1.29, 1.82) is 0 Å². The minimum absolute atomic E-state index is 0.213. The molecule has 0 aromatic heterocycles. The van der Waals surface area contributed by atoms with Crippen molar-refractivity contribution in [2.24, 2.45) is 0 Å². The molecule has 2 radical (unpaired) electrons. The summed E-state index contributed by atoms with van der Waals surface area (Å²) in [6.07, 6.45) is 0. The maximum absolute atomic E-state index is 4.93. The summed E-state index contributed by atoms with van der Waals surface area (Å²) in [6.45, 7) is 13.2. The summed E-state index contributed by atoms with van der Waals surface area (Å²) in [5.74, 6) is 0. The van der Waals surface area contributed by atoms with Crippen LogP contribution in [0.3, 0.4) is 0 Å². The Balaban J connectivity index is 0.000000175. The van der Waals surface area contributed by atoms with Crippen LogP contribution in [-0.4, -0.2) is 9.52 Å². The molecule has 0 fully saturated rings. The molecule has 0 saturated heterocycles. The van der Waals surface area contributed by atoms with Crippen LogP contribution in [0.1, 0.15) is 31.9 Å². The molecule has 0 heterocycles. The molecule has 0 nitrogen and oxygen atoms in total. The second kappa shape index (κ2) is 16.7. The van der Waals surface area contributed by atoms with Crippen molar-refractivity contribution in [2.75, 3.05) is 0 Å². The molecular weight excluding hydrogens is 683 g/mol. The molecule has 0 aliphatic rings. The Bertz CT molecular complexity index is 1930. The quantitative estimate of drug-likeness (QED) is 0.123. The Labute approximate surface area is 290 Å². The first-order valence-corrected chi connectivity index (χ1v) is 23.5. The van der Waals surface area contributed by atoms with Crippen LogP contribution in [-0.2, 0) is 26.3 Å².